The van der Waals surface area contributed by atoms with Gasteiger partial charge in [-0.1, -0.05) is 48.6 Å². The molecular weight excluding hydrogens is 267 g/mol. The molecule has 0 aromatic rings. The Hall–Kier alpha value is -2.16. The van der Waals surface area contributed by atoms with Gasteiger partial charge in [-0.3, -0.25) is 4.79 Å². The Morgan fingerprint density at radius 3 is 2.52 bits per heavy atom. The van der Waals surface area contributed by atoms with Crippen molar-refractivity contribution in [2.45, 2.75) is 33.3 Å². The van der Waals surface area contributed by atoms with Crippen LogP contribution in [-0.4, -0.2) is 12.1 Å². The summed E-state index contributed by atoms with van der Waals surface area (Å²) in [6.07, 6.45) is 15.7. The average Bonchev–Trinajstić information content (AvgIpc) is 2.40. The van der Waals surface area contributed by atoms with Crippen molar-refractivity contribution in [3.05, 3.63) is 72.6 Å². The molecule has 0 aromatic carbocycles. The first kappa shape index (κ1) is 18.8. The SMILES string of the molecule is C=CC=CC(/C=C(\C)CC(=O)F)O/C(C)=C/C=C\C=C/C. The highest BCUT2D eigenvalue weighted by molar-refractivity contribution is 5.70. The number of allylic oxidation sites excluding steroid dienone is 9. The van der Waals surface area contributed by atoms with Gasteiger partial charge in [0.2, 0.25) is 0 Å². The van der Waals surface area contributed by atoms with E-state index >= 15 is 0 Å². The maximum atomic E-state index is 12.4. The third-order valence-corrected chi connectivity index (χ3v) is 2.37. The van der Waals surface area contributed by atoms with E-state index in [2.05, 4.69) is 6.58 Å². The smallest absolute Gasteiger partial charge is 0.305 e. The van der Waals surface area contributed by atoms with E-state index in [9.17, 15) is 9.18 Å². The van der Waals surface area contributed by atoms with E-state index in [4.69, 9.17) is 4.74 Å². The van der Waals surface area contributed by atoms with E-state index in [0.29, 0.717) is 11.3 Å². The Morgan fingerprint density at radius 1 is 1.24 bits per heavy atom. The van der Waals surface area contributed by atoms with Gasteiger partial charge in [0.25, 0.3) is 0 Å². The van der Waals surface area contributed by atoms with Crippen molar-refractivity contribution in [2.75, 3.05) is 0 Å². The highest BCUT2D eigenvalue weighted by Gasteiger charge is 2.06. The molecule has 0 spiro atoms. The van der Waals surface area contributed by atoms with Crippen LogP contribution in [0.5, 0.6) is 0 Å². The van der Waals surface area contributed by atoms with E-state index in [-0.39, 0.29) is 12.5 Å². The third-order valence-electron chi connectivity index (χ3n) is 2.37. The van der Waals surface area contributed by atoms with Crippen LogP contribution in [0.25, 0.3) is 0 Å². The molecule has 0 saturated heterocycles. The van der Waals surface area contributed by atoms with Crippen LogP contribution < -0.4 is 0 Å². The normalized spacial score (nSPS) is 15.0. The van der Waals surface area contributed by atoms with Gasteiger partial charge in [0, 0.05) is 0 Å². The topological polar surface area (TPSA) is 26.3 Å². The van der Waals surface area contributed by atoms with Crippen LogP contribution in [-0.2, 0) is 9.53 Å². The molecule has 2 nitrogen and oxygen atoms in total. The molecule has 0 rings (SSSR count). The Morgan fingerprint density at radius 2 is 1.95 bits per heavy atom. The maximum absolute atomic E-state index is 12.4. The lowest BCUT2D eigenvalue weighted by Crippen LogP contribution is -2.06. The zero-order valence-electron chi connectivity index (χ0n) is 12.9. The molecule has 0 N–H and O–H groups in total. The van der Waals surface area contributed by atoms with Crippen molar-refractivity contribution in [1.29, 1.82) is 0 Å². The second kappa shape index (κ2) is 11.6. The highest BCUT2D eigenvalue weighted by atomic mass is 19.1. The molecule has 3 heteroatoms. The molecule has 21 heavy (non-hydrogen) atoms. The molecule has 0 aliphatic heterocycles. The van der Waals surface area contributed by atoms with Crippen molar-refractivity contribution in [2.24, 2.45) is 0 Å². The lowest BCUT2D eigenvalue weighted by atomic mass is 10.1. The number of carbonyl (C=O) groups excluding carboxylic acids is 1. The number of hydrogen-bond acceptors (Lipinski definition) is 2. The van der Waals surface area contributed by atoms with E-state index in [1.807, 2.05) is 44.2 Å². The second-order valence-electron chi connectivity index (χ2n) is 4.44. The first-order chi connectivity index (χ1) is 9.99. The zero-order valence-corrected chi connectivity index (χ0v) is 12.9. The summed E-state index contributed by atoms with van der Waals surface area (Å²) in [5, 5.41) is 0. The lowest BCUT2D eigenvalue weighted by molar-refractivity contribution is -0.128. The summed E-state index contributed by atoms with van der Waals surface area (Å²) in [6, 6.07) is -1.35. The van der Waals surface area contributed by atoms with Crippen molar-refractivity contribution >= 4 is 6.04 Å². The minimum absolute atomic E-state index is 0.217. The zero-order chi connectivity index (χ0) is 16.1. The first-order valence-electron chi connectivity index (χ1n) is 6.77. The molecular formula is C18H23FO2. The molecule has 0 aromatic heterocycles. The average molecular weight is 290 g/mol. The monoisotopic (exact) mass is 290 g/mol. The fourth-order valence-corrected chi connectivity index (χ4v) is 1.50. The minimum Gasteiger partial charge on any atom is -0.487 e. The van der Waals surface area contributed by atoms with Crippen LogP contribution >= 0.6 is 0 Å². The van der Waals surface area contributed by atoms with Crippen LogP contribution in [0.15, 0.2) is 72.6 Å². The summed E-state index contributed by atoms with van der Waals surface area (Å²) in [6.45, 7) is 9.06. The van der Waals surface area contributed by atoms with Crippen molar-refractivity contribution in [3.63, 3.8) is 0 Å². The molecule has 0 amide bonds. The number of ether oxygens (including phenoxy) is 1. The quantitative estimate of drug-likeness (QED) is 0.259. The van der Waals surface area contributed by atoms with Gasteiger partial charge in [0.1, 0.15) is 6.10 Å². The van der Waals surface area contributed by atoms with Crippen LogP contribution in [0.4, 0.5) is 4.39 Å². The highest BCUT2D eigenvalue weighted by Crippen LogP contribution is 2.11. The summed E-state index contributed by atoms with van der Waals surface area (Å²) < 4.78 is 18.1. The Labute approximate surface area is 126 Å². The molecule has 0 saturated carbocycles. The summed E-state index contributed by atoms with van der Waals surface area (Å²) >= 11 is 0. The molecule has 1 unspecified atom stereocenters. The Kier molecular flexibility index (Phi) is 10.5. The van der Waals surface area contributed by atoms with Crippen LogP contribution in [0.1, 0.15) is 27.2 Å². The molecule has 0 bridgehead atoms. The number of halogens is 1. The van der Waals surface area contributed by atoms with Crippen molar-refractivity contribution in [3.8, 4) is 0 Å². The Balaban J connectivity index is 4.87. The van der Waals surface area contributed by atoms with E-state index in [1.165, 1.54) is 0 Å². The van der Waals surface area contributed by atoms with Gasteiger partial charge in [0.15, 0.2) is 0 Å². The fourth-order valence-electron chi connectivity index (χ4n) is 1.50. The molecule has 0 fully saturated rings. The van der Waals surface area contributed by atoms with Gasteiger partial charge in [-0.15, -0.1) is 0 Å². The van der Waals surface area contributed by atoms with Crippen molar-refractivity contribution < 1.29 is 13.9 Å². The number of carbonyl (C=O) groups is 1. The summed E-state index contributed by atoms with van der Waals surface area (Å²) in [5.41, 5.74) is 0.624. The summed E-state index contributed by atoms with van der Waals surface area (Å²) in [7, 11) is 0. The molecule has 0 heterocycles. The van der Waals surface area contributed by atoms with Gasteiger partial charge in [0.05, 0.1) is 12.2 Å². The Bertz CT molecular complexity index is 479. The largest absolute Gasteiger partial charge is 0.487 e. The van der Waals surface area contributed by atoms with Gasteiger partial charge in [-0.2, -0.15) is 4.39 Å². The lowest BCUT2D eigenvalue weighted by Gasteiger charge is -2.13. The van der Waals surface area contributed by atoms with E-state index in [1.54, 1.807) is 31.2 Å². The van der Waals surface area contributed by atoms with Crippen LogP contribution in [0, 0.1) is 0 Å². The van der Waals surface area contributed by atoms with Crippen molar-refractivity contribution in [1.82, 2.24) is 0 Å². The molecule has 114 valence electrons. The maximum Gasteiger partial charge on any atom is 0.305 e. The van der Waals surface area contributed by atoms with E-state index in [0.717, 1.165) is 0 Å². The van der Waals surface area contributed by atoms with Gasteiger partial charge in [-0.25, -0.2) is 0 Å². The minimum atomic E-state index is -1.35. The molecule has 0 aliphatic rings. The fraction of sp³-hybridized carbons (Fsp3) is 0.278. The number of hydrogen-bond donors (Lipinski definition) is 0. The van der Waals surface area contributed by atoms with E-state index < -0.39 is 6.04 Å². The summed E-state index contributed by atoms with van der Waals surface area (Å²) in [5.74, 6) is 0.713. The number of rotatable bonds is 9. The molecule has 0 radical (unpaired) electrons. The van der Waals surface area contributed by atoms with Crippen LogP contribution in [0.3, 0.4) is 0 Å². The molecule has 0 aliphatic carbocycles. The first-order valence-corrected chi connectivity index (χ1v) is 6.77. The van der Waals surface area contributed by atoms with Crippen LogP contribution in [0.2, 0.25) is 0 Å². The standard InChI is InChI=1S/C18H23FO2/c1-5-7-9-10-11-16(4)21-17(12-8-6-2)13-15(3)14-18(19)20/h5-13,17H,2,14H2,1,3-4H3/b7-5-,10-9-,12-8?,15-13+,16-11+. The third kappa shape index (κ3) is 11.4. The van der Waals surface area contributed by atoms with Gasteiger partial charge in [-0.05, 0) is 39.0 Å². The second-order valence-corrected chi connectivity index (χ2v) is 4.44. The predicted molar refractivity (Wildman–Crippen MR) is 86.4 cm³/mol. The predicted octanol–water partition coefficient (Wildman–Crippen LogP) is 4.98. The van der Waals surface area contributed by atoms with Gasteiger partial charge >= 0.3 is 6.04 Å². The van der Waals surface area contributed by atoms with Gasteiger partial charge < -0.3 is 4.74 Å². The summed E-state index contributed by atoms with van der Waals surface area (Å²) in [4.78, 5) is 10.5. The molecule has 1 atom stereocenters.